The summed E-state index contributed by atoms with van der Waals surface area (Å²) in [5, 5.41) is 12.6. The predicted molar refractivity (Wildman–Crippen MR) is 80.6 cm³/mol. The summed E-state index contributed by atoms with van der Waals surface area (Å²) < 4.78 is 17.9. The molecule has 1 atom stereocenters. The summed E-state index contributed by atoms with van der Waals surface area (Å²) in [6, 6.07) is 4.17. The topological polar surface area (TPSA) is 58.6 Å². The van der Waals surface area contributed by atoms with Gasteiger partial charge in [0.2, 0.25) is 5.91 Å². The van der Waals surface area contributed by atoms with Crippen LogP contribution in [-0.4, -0.2) is 36.9 Å². The Morgan fingerprint density at radius 1 is 1.57 bits per heavy atom. The first kappa shape index (κ1) is 17.6. The lowest BCUT2D eigenvalue weighted by Crippen LogP contribution is -2.40. The molecule has 0 fully saturated rings. The number of halogens is 2. The number of amides is 1. The normalized spacial score (nSPS) is 14.1. The number of hydrogen-bond donors (Lipinski definition) is 2. The molecular formula is C15H19ClFNO3. The fraction of sp³-hybridized carbons (Fsp3) is 0.400. The number of methoxy groups -OCH3 is 1. The van der Waals surface area contributed by atoms with Crippen LogP contribution in [0.5, 0.6) is 0 Å². The smallest absolute Gasteiger partial charge is 0.244 e. The molecule has 1 aromatic rings. The third-order valence-corrected chi connectivity index (χ3v) is 3.15. The summed E-state index contributed by atoms with van der Waals surface area (Å²) >= 11 is 5.64. The molecule has 1 aromatic carbocycles. The minimum absolute atomic E-state index is 0.0000529. The fourth-order valence-electron chi connectivity index (χ4n) is 1.53. The Labute approximate surface area is 128 Å². The van der Waals surface area contributed by atoms with Gasteiger partial charge < -0.3 is 15.2 Å². The first-order valence-corrected chi connectivity index (χ1v) is 6.84. The van der Waals surface area contributed by atoms with Gasteiger partial charge in [0, 0.05) is 32.8 Å². The average molecular weight is 316 g/mol. The van der Waals surface area contributed by atoms with E-state index in [2.05, 4.69) is 5.32 Å². The fourth-order valence-corrected chi connectivity index (χ4v) is 1.72. The highest BCUT2D eigenvalue weighted by Crippen LogP contribution is 2.16. The van der Waals surface area contributed by atoms with E-state index in [1.165, 1.54) is 30.4 Å². The van der Waals surface area contributed by atoms with E-state index in [1.807, 2.05) is 0 Å². The number of rotatable bonds is 7. The molecule has 0 spiro atoms. The van der Waals surface area contributed by atoms with Gasteiger partial charge in [0.1, 0.15) is 5.82 Å². The molecule has 0 radical (unpaired) electrons. The molecule has 1 rings (SSSR count). The van der Waals surface area contributed by atoms with Crippen molar-refractivity contribution in [3.63, 3.8) is 0 Å². The molecule has 0 aromatic heterocycles. The van der Waals surface area contributed by atoms with E-state index in [0.29, 0.717) is 18.6 Å². The molecular weight excluding hydrogens is 297 g/mol. The quantitative estimate of drug-likeness (QED) is 0.760. The van der Waals surface area contributed by atoms with Gasteiger partial charge in [-0.15, -0.1) is 0 Å². The average Bonchev–Trinajstić information content (AvgIpc) is 2.44. The number of benzene rings is 1. The van der Waals surface area contributed by atoms with E-state index in [0.717, 1.165) is 0 Å². The highest BCUT2D eigenvalue weighted by Gasteiger charge is 2.20. The van der Waals surface area contributed by atoms with Crippen molar-refractivity contribution in [3.8, 4) is 0 Å². The van der Waals surface area contributed by atoms with Gasteiger partial charge >= 0.3 is 0 Å². The molecule has 2 N–H and O–H groups in total. The predicted octanol–water partition coefficient (Wildman–Crippen LogP) is 2.40. The van der Waals surface area contributed by atoms with Gasteiger partial charge in [0.25, 0.3) is 0 Å². The summed E-state index contributed by atoms with van der Waals surface area (Å²) in [5.41, 5.74) is -0.415. The van der Waals surface area contributed by atoms with Crippen molar-refractivity contribution < 1.29 is 19.0 Å². The van der Waals surface area contributed by atoms with Crippen LogP contribution in [0.25, 0.3) is 6.08 Å². The lowest BCUT2D eigenvalue weighted by molar-refractivity contribution is -0.117. The van der Waals surface area contributed by atoms with Crippen molar-refractivity contribution in [1.29, 1.82) is 0 Å². The Morgan fingerprint density at radius 2 is 2.29 bits per heavy atom. The van der Waals surface area contributed by atoms with Gasteiger partial charge in [-0.2, -0.15) is 0 Å². The van der Waals surface area contributed by atoms with E-state index in [1.54, 1.807) is 14.0 Å². The second-order valence-electron chi connectivity index (χ2n) is 4.96. The summed E-state index contributed by atoms with van der Waals surface area (Å²) in [6.45, 7) is 2.15. The first-order chi connectivity index (χ1) is 9.84. The number of ether oxygens (including phenoxy) is 1. The van der Waals surface area contributed by atoms with Gasteiger partial charge in [-0.05, 0) is 30.7 Å². The summed E-state index contributed by atoms with van der Waals surface area (Å²) in [5.74, 6) is -0.861. The zero-order valence-electron chi connectivity index (χ0n) is 12.0. The van der Waals surface area contributed by atoms with Crippen LogP contribution in [0, 0.1) is 5.82 Å². The van der Waals surface area contributed by atoms with E-state index < -0.39 is 11.4 Å². The number of nitrogens with one attached hydrogen (secondary N) is 1. The van der Waals surface area contributed by atoms with Gasteiger partial charge in [-0.1, -0.05) is 17.7 Å². The third kappa shape index (κ3) is 6.71. The number of aliphatic hydroxyl groups is 1. The lowest BCUT2D eigenvalue weighted by atomic mass is 10.0. The van der Waals surface area contributed by atoms with E-state index >= 15 is 0 Å². The number of carbonyl (C=O) groups is 1. The Kier molecular flexibility index (Phi) is 6.81. The maximum atomic E-state index is 13.0. The number of carbonyl (C=O) groups excluding carboxylic acids is 1. The molecule has 1 amide bonds. The number of hydrogen-bond acceptors (Lipinski definition) is 3. The van der Waals surface area contributed by atoms with Crippen LogP contribution in [0.2, 0.25) is 5.02 Å². The molecule has 116 valence electrons. The van der Waals surface area contributed by atoms with Crippen molar-refractivity contribution in [3.05, 3.63) is 40.7 Å². The molecule has 4 nitrogen and oxygen atoms in total. The Balaban J connectivity index is 2.49. The van der Waals surface area contributed by atoms with Crippen molar-refractivity contribution in [1.82, 2.24) is 5.32 Å². The highest BCUT2D eigenvalue weighted by atomic mass is 35.5. The molecule has 6 heteroatoms. The molecule has 0 aliphatic heterocycles. The molecule has 0 aliphatic rings. The van der Waals surface area contributed by atoms with Crippen LogP contribution in [0.15, 0.2) is 24.3 Å². The second-order valence-corrected chi connectivity index (χ2v) is 5.37. The van der Waals surface area contributed by atoms with Crippen molar-refractivity contribution in [2.24, 2.45) is 0 Å². The van der Waals surface area contributed by atoms with Crippen LogP contribution in [0.1, 0.15) is 18.9 Å². The Bertz CT molecular complexity index is 518. The van der Waals surface area contributed by atoms with Gasteiger partial charge in [0.15, 0.2) is 0 Å². The lowest BCUT2D eigenvalue weighted by Gasteiger charge is -2.22. The molecule has 1 unspecified atom stereocenters. The first-order valence-electron chi connectivity index (χ1n) is 6.46. The summed E-state index contributed by atoms with van der Waals surface area (Å²) in [6.07, 6.45) is 3.24. The van der Waals surface area contributed by atoms with Gasteiger partial charge in [0.05, 0.1) is 10.6 Å². The molecule has 0 bridgehead atoms. The van der Waals surface area contributed by atoms with Crippen LogP contribution in [0.4, 0.5) is 4.39 Å². The van der Waals surface area contributed by atoms with Crippen molar-refractivity contribution in [2.75, 3.05) is 20.3 Å². The maximum absolute atomic E-state index is 13.0. The Morgan fingerprint density at radius 3 is 2.90 bits per heavy atom. The largest absolute Gasteiger partial charge is 0.388 e. The minimum Gasteiger partial charge on any atom is -0.388 e. The van der Waals surface area contributed by atoms with E-state index in [-0.39, 0.29) is 17.5 Å². The standard InChI is InChI=1S/C15H19ClFNO3/c1-15(20,7-8-21-2)10-18-14(19)6-4-11-3-5-13(17)12(16)9-11/h3-6,9,20H,7-8,10H2,1-2H3,(H,18,19)/b6-4+. The van der Waals surface area contributed by atoms with Crippen molar-refractivity contribution in [2.45, 2.75) is 18.9 Å². The van der Waals surface area contributed by atoms with Crippen molar-refractivity contribution >= 4 is 23.6 Å². The minimum atomic E-state index is -1.03. The zero-order chi connectivity index (χ0) is 15.9. The zero-order valence-corrected chi connectivity index (χ0v) is 12.8. The second kappa shape index (κ2) is 8.12. The van der Waals surface area contributed by atoms with Crippen LogP contribution in [-0.2, 0) is 9.53 Å². The SMILES string of the molecule is COCCC(C)(O)CNC(=O)/C=C/c1ccc(F)c(Cl)c1. The van der Waals surface area contributed by atoms with Crippen LogP contribution in [0.3, 0.4) is 0 Å². The van der Waals surface area contributed by atoms with Crippen LogP contribution >= 0.6 is 11.6 Å². The Hall–Kier alpha value is -1.43. The van der Waals surface area contributed by atoms with Crippen LogP contribution < -0.4 is 5.32 Å². The third-order valence-electron chi connectivity index (χ3n) is 2.86. The molecule has 21 heavy (non-hydrogen) atoms. The molecule has 0 saturated heterocycles. The molecule has 0 aliphatic carbocycles. The monoisotopic (exact) mass is 315 g/mol. The summed E-state index contributed by atoms with van der Waals surface area (Å²) in [7, 11) is 1.55. The van der Waals surface area contributed by atoms with Gasteiger partial charge in [-0.25, -0.2) is 4.39 Å². The van der Waals surface area contributed by atoms with E-state index in [9.17, 15) is 14.3 Å². The molecule has 0 saturated carbocycles. The maximum Gasteiger partial charge on any atom is 0.244 e. The molecule has 0 heterocycles. The van der Waals surface area contributed by atoms with Gasteiger partial charge in [-0.3, -0.25) is 4.79 Å². The van der Waals surface area contributed by atoms with E-state index in [4.69, 9.17) is 16.3 Å². The summed E-state index contributed by atoms with van der Waals surface area (Å²) in [4.78, 5) is 11.6. The highest BCUT2D eigenvalue weighted by molar-refractivity contribution is 6.30.